The molecule has 5 heteroatoms. The summed E-state index contributed by atoms with van der Waals surface area (Å²) < 4.78 is 0.971. The summed E-state index contributed by atoms with van der Waals surface area (Å²) in [6.45, 7) is 4.70. The van der Waals surface area contributed by atoms with Crippen LogP contribution in [0.1, 0.15) is 45.1 Å². The molecule has 2 rings (SSSR count). The van der Waals surface area contributed by atoms with Crippen molar-refractivity contribution in [2.24, 2.45) is 16.3 Å². The second-order valence-corrected chi connectivity index (χ2v) is 7.51. The maximum absolute atomic E-state index is 8.75. The summed E-state index contributed by atoms with van der Waals surface area (Å²) in [4.78, 5) is 2.34. The van der Waals surface area contributed by atoms with Gasteiger partial charge in [-0.15, -0.1) is 0 Å². The van der Waals surface area contributed by atoms with Gasteiger partial charge in [0.05, 0.1) is 5.69 Å². The van der Waals surface area contributed by atoms with Gasteiger partial charge >= 0.3 is 0 Å². The number of hydrogen-bond acceptors (Lipinski definition) is 3. The van der Waals surface area contributed by atoms with Crippen LogP contribution in [0, 0.1) is 5.41 Å². The summed E-state index contributed by atoms with van der Waals surface area (Å²) in [6, 6.07) is 6.38. The van der Waals surface area contributed by atoms with Gasteiger partial charge in [-0.1, -0.05) is 19.0 Å². The van der Waals surface area contributed by atoms with Crippen LogP contribution in [0.4, 0.5) is 5.69 Å². The summed E-state index contributed by atoms with van der Waals surface area (Å²) in [5.74, 6) is 0.129. The summed E-state index contributed by atoms with van der Waals surface area (Å²) in [6.07, 6.45) is 4.97. The highest BCUT2D eigenvalue weighted by molar-refractivity contribution is 9.10. The third-order valence-corrected chi connectivity index (χ3v) is 5.22. The van der Waals surface area contributed by atoms with Crippen molar-refractivity contribution in [2.75, 3.05) is 11.9 Å². The van der Waals surface area contributed by atoms with Crippen molar-refractivity contribution in [1.82, 2.24) is 0 Å². The van der Waals surface area contributed by atoms with Crippen LogP contribution < -0.4 is 10.6 Å². The summed E-state index contributed by atoms with van der Waals surface area (Å²) in [5.41, 5.74) is 7.97. The number of rotatable bonds is 3. The Morgan fingerprint density at radius 2 is 2.00 bits per heavy atom. The molecule has 0 heterocycles. The predicted molar refractivity (Wildman–Crippen MR) is 91.1 cm³/mol. The van der Waals surface area contributed by atoms with Crippen molar-refractivity contribution in [2.45, 2.75) is 45.6 Å². The van der Waals surface area contributed by atoms with Crippen molar-refractivity contribution in [3.05, 3.63) is 28.2 Å². The van der Waals surface area contributed by atoms with E-state index in [0.29, 0.717) is 17.0 Å². The van der Waals surface area contributed by atoms with Gasteiger partial charge in [-0.2, -0.15) is 0 Å². The van der Waals surface area contributed by atoms with Crippen LogP contribution >= 0.6 is 15.9 Å². The number of benzene rings is 1. The Morgan fingerprint density at radius 3 is 2.52 bits per heavy atom. The molecule has 1 saturated carbocycles. The van der Waals surface area contributed by atoms with Crippen LogP contribution in [-0.2, 0) is 0 Å². The molecular formula is C16H24BrN3O. The first-order valence-corrected chi connectivity index (χ1v) is 8.13. The van der Waals surface area contributed by atoms with Gasteiger partial charge < -0.3 is 15.8 Å². The Balaban J connectivity index is 2.15. The Labute approximate surface area is 135 Å². The van der Waals surface area contributed by atoms with E-state index >= 15 is 0 Å². The average molecular weight is 354 g/mol. The third-order valence-electron chi connectivity index (χ3n) is 4.59. The van der Waals surface area contributed by atoms with E-state index in [1.54, 1.807) is 0 Å². The van der Waals surface area contributed by atoms with E-state index in [1.807, 2.05) is 18.2 Å². The Hall–Kier alpha value is -1.23. The van der Waals surface area contributed by atoms with Gasteiger partial charge in [0.2, 0.25) is 0 Å². The molecule has 1 aromatic rings. The fourth-order valence-electron chi connectivity index (χ4n) is 2.98. The van der Waals surface area contributed by atoms with Crippen LogP contribution in [0.5, 0.6) is 0 Å². The molecule has 0 aliphatic heterocycles. The molecule has 0 bridgehead atoms. The molecule has 1 fully saturated rings. The number of halogens is 1. The molecule has 1 aliphatic rings. The van der Waals surface area contributed by atoms with Gasteiger partial charge in [-0.05, 0) is 65.2 Å². The van der Waals surface area contributed by atoms with Gasteiger partial charge in [-0.25, -0.2) is 0 Å². The molecule has 0 saturated heterocycles. The fraction of sp³-hybridized carbons (Fsp3) is 0.562. The molecule has 0 aromatic heterocycles. The minimum atomic E-state index is 0.129. The molecule has 0 spiro atoms. The maximum atomic E-state index is 8.75. The van der Waals surface area contributed by atoms with E-state index in [2.05, 4.69) is 46.9 Å². The van der Waals surface area contributed by atoms with E-state index in [4.69, 9.17) is 10.9 Å². The highest BCUT2D eigenvalue weighted by atomic mass is 79.9. The molecule has 0 unspecified atom stereocenters. The molecule has 0 atom stereocenters. The largest absolute Gasteiger partial charge is 0.409 e. The number of amidine groups is 1. The van der Waals surface area contributed by atoms with Gasteiger partial charge in [-0.3, -0.25) is 0 Å². The zero-order valence-corrected chi connectivity index (χ0v) is 14.5. The van der Waals surface area contributed by atoms with Crippen molar-refractivity contribution >= 4 is 27.5 Å². The number of anilines is 1. The van der Waals surface area contributed by atoms with Crippen molar-refractivity contribution < 1.29 is 5.21 Å². The SMILES string of the molecule is CN(c1ccc(/C(N)=N/O)cc1Br)C1CCC(C)(C)CC1. The molecule has 1 aromatic carbocycles. The van der Waals surface area contributed by atoms with Gasteiger partial charge in [0, 0.05) is 23.1 Å². The Kier molecular flexibility index (Phi) is 4.81. The van der Waals surface area contributed by atoms with Gasteiger partial charge in [0.15, 0.2) is 5.84 Å². The molecule has 21 heavy (non-hydrogen) atoms. The first-order chi connectivity index (χ1) is 9.84. The van der Waals surface area contributed by atoms with E-state index < -0.39 is 0 Å². The number of hydrogen-bond donors (Lipinski definition) is 2. The minimum absolute atomic E-state index is 0.129. The Morgan fingerprint density at radius 1 is 1.38 bits per heavy atom. The van der Waals surface area contributed by atoms with Crippen molar-refractivity contribution in [1.29, 1.82) is 0 Å². The zero-order chi connectivity index (χ0) is 15.6. The van der Waals surface area contributed by atoms with Gasteiger partial charge in [0.25, 0.3) is 0 Å². The lowest BCUT2D eigenvalue weighted by atomic mass is 9.75. The standard InChI is InChI=1S/C16H24BrN3O/c1-16(2)8-6-12(7-9-16)20(3)14-5-4-11(10-13(14)17)15(18)19-21/h4-5,10,12,21H,6-9H2,1-3H3,(H2,18,19). The van der Waals surface area contributed by atoms with E-state index in [9.17, 15) is 0 Å². The first-order valence-electron chi connectivity index (χ1n) is 7.34. The van der Waals surface area contributed by atoms with Crippen molar-refractivity contribution in [3.63, 3.8) is 0 Å². The summed E-state index contributed by atoms with van der Waals surface area (Å²) >= 11 is 3.60. The highest BCUT2D eigenvalue weighted by Crippen LogP contribution is 2.39. The van der Waals surface area contributed by atoms with Gasteiger partial charge in [0.1, 0.15) is 0 Å². The monoisotopic (exact) mass is 353 g/mol. The lowest BCUT2D eigenvalue weighted by Gasteiger charge is -2.40. The van der Waals surface area contributed by atoms with Crippen LogP contribution in [0.2, 0.25) is 0 Å². The number of nitrogens with zero attached hydrogens (tertiary/aromatic N) is 2. The normalized spacial score (nSPS) is 19.5. The van der Waals surface area contributed by atoms with E-state index in [1.165, 1.54) is 25.7 Å². The molecule has 3 N–H and O–H groups in total. The topological polar surface area (TPSA) is 61.8 Å². The number of oxime groups is 1. The van der Waals surface area contributed by atoms with Crippen molar-refractivity contribution in [3.8, 4) is 0 Å². The molecule has 1 aliphatic carbocycles. The minimum Gasteiger partial charge on any atom is -0.409 e. The average Bonchev–Trinajstić information content (AvgIpc) is 2.45. The second-order valence-electron chi connectivity index (χ2n) is 6.66. The molecule has 0 amide bonds. The third kappa shape index (κ3) is 3.70. The first kappa shape index (κ1) is 16.1. The molecule has 4 nitrogen and oxygen atoms in total. The molecule has 116 valence electrons. The fourth-order valence-corrected chi connectivity index (χ4v) is 3.64. The van der Waals surface area contributed by atoms with E-state index in [0.717, 1.165) is 10.2 Å². The quantitative estimate of drug-likeness (QED) is 0.374. The lowest BCUT2D eigenvalue weighted by Crippen LogP contribution is -2.37. The van der Waals surface area contributed by atoms with E-state index in [-0.39, 0.29) is 5.84 Å². The Bertz CT molecular complexity index is 532. The summed E-state index contributed by atoms with van der Waals surface area (Å²) in [5, 5.41) is 11.8. The molecule has 0 radical (unpaired) electrons. The second kappa shape index (κ2) is 6.26. The smallest absolute Gasteiger partial charge is 0.170 e. The van der Waals surface area contributed by atoms with Crippen LogP contribution in [-0.4, -0.2) is 24.1 Å². The van der Waals surface area contributed by atoms with Crippen LogP contribution in [0.3, 0.4) is 0 Å². The maximum Gasteiger partial charge on any atom is 0.170 e. The number of nitrogens with two attached hydrogens (primary N) is 1. The zero-order valence-electron chi connectivity index (χ0n) is 12.9. The van der Waals surface area contributed by atoms with Crippen LogP contribution in [0.15, 0.2) is 27.8 Å². The predicted octanol–water partition coefficient (Wildman–Crippen LogP) is 3.95. The highest BCUT2D eigenvalue weighted by Gasteiger charge is 2.29. The molecular weight excluding hydrogens is 330 g/mol. The summed E-state index contributed by atoms with van der Waals surface area (Å²) in [7, 11) is 2.15. The van der Waals surface area contributed by atoms with Crippen LogP contribution in [0.25, 0.3) is 0 Å². The lowest BCUT2D eigenvalue weighted by molar-refractivity contribution is 0.222.